The van der Waals surface area contributed by atoms with Gasteiger partial charge in [0, 0.05) is 11.9 Å². The third-order valence-electron chi connectivity index (χ3n) is 2.80. The maximum atomic E-state index is 5.99. The molecule has 2 aromatic heterocycles. The number of nitrogens with zero attached hydrogens (tertiary/aromatic N) is 2. The third kappa shape index (κ3) is 1.89. The van der Waals surface area contributed by atoms with Gasteiger partial charge in [-0.25, -0.2) is 9.97 Å². The summed E-state index contributed by atoms with van der Waals surface area (Å²) in [6.45, 7) is 1.97. The number of hydrogen-bond acceptors (Lipinski definition) is 5. The van der Waals surface area contributed by atoms with Crippen LogP contribution in [0.5, 0.6) is 0 Å². The molecule has 2 heterocycles. The van der Waals surface area contributed by atoms with Crippen LogP contribution in [0.4, 0.5) is 17.2 Å². The van der Waals surface area contributed by atoms with Crippen molar-refractivity contribution < 1.29 is 0 Å². The fourth-order valence-corrected chi connectivity index (χ4v) is 2.46. The number of nitrogens with one attached hydrogen (secondary N) is 1. The van der Waals surface area contributed by atoms with Gasteiger partial charge in [0.2, 0.25) is 0 Å². The normalized spacial score (nSPS) is 10.7. The van der Waals surface area contributed by atoms with Crippen molar-refractivity contribution in [3.8, 4) is 0 Å². The zero-order valence-corrected chi connectivity index (χ0v) is 10.7. The summed E-state index contributed by atoms with van der Waals surface area (Å²) in [6.07, 6.45) is 1.75. The Balaban J connectivity index is 1.98. The Morgan fingerprint density at radius 2 is 2.11 bits per heavy atom. The maximum absolute atomic E-state index is 5.99. The molecular weight excluding hydrogens is 244 g/mol. The number of nitrogens with two attached hydrogens (primary N) is 1. The summed E-state index contributed by atoms with van der Waals surface area (Å²) in [5.41, 5.74) is 11.5. The van der Waals surface area contributed by atoms with Gasteiger partial charge in [-0.1, -0.05) is 0 Å². The molecule has 5 heteroatoms. The Hall–Kier alpha value is -2.14. The molecule has 0 atom stereocenters. The third-order valence-corrected chi connectivity index (χ3v) is 3.59. The predicted molar refractivity (Wildman–Crippen MR) is 76.3 cm³/mol. The highest BCUT2D eigenvalue weighted by molar-refractivity contribution is 7.16. The molecule has 0 radical (unpaired) electrons. The zero-order chi connectivity index (χ0) is 12.5. The summed E-state index contributed by atoms with van der Waals surface area (Å²) >= 11 is 1.62. The lowest BCUT2D eigenvalue weighted by molar-refractivity contribution is 1.28. The second-order valence-corrected chi connectivity index (χ2v) is 4.94. The molecule has 0 saturated heterocycles. The molecule has 0 aliphatic rings. The minimum absolute atomic E-state index is 0.682. The molecule has 90 valence electrons. The Kier molecular flexibility index (Phi) is 2.60. The van der Waals surface area contributed by atoms with Crippen LogP contribution in [0, 0.1) is 6.92 Å². The van der Waals surface area contributed by atoms with Gasteiger partial charge in [0.25, 0.3) is 0 Å². The fraction of sp³-hybridized carbons (Fsp3) is 0.0769. The lowest BCUT2D eigenvalue weighted by Gasteiger charge is -2.09. The van der Waals surface area contributed by atoms with Gasteiger partial charge >= 0.3 is 0 Å². The first-order valence-corrected chi connectivity index (χ1v) is 6.43. The molecule has 4 nitrogen and oxygen atoms in total. The van der Waals surface area contributed by atoms with Crippen LogP contribution in [0.15, 0.2) is 36.0 Å². The van der Waals surface area contributed by atoms with Crippen molar-refractivity contribution in [3.05, 3.63) is 41.5 Å². The molecule has 3 N–H and O–H groups in total. The van der Waals surface area contributed by atoms with Gasteiger partial charge in [-0.15, -0.1) is 11.3 Å². The van der Waals surface area contributed by atoms with Crippen LogP contribution in [0.25, 0.3) is 10.2 Å². The van der Waals surface area contributed by atoms with E-state index in [0.717, 1.165) is 21.5 Å². The van der Waals surface area contributed by atoms with Crippen LogP contribution >= 0.6 is 11.3 Å². The lowest BCUT2D eigenvalue weighted by Crippen LogP contribution is -2.00. The molecule has 0 aliphatic carbocycles. The first kappa shape index (κ1) is 11.0. The number of thiazole rings is 1. The van der Waals surface area contributed by atoms with E-state index in [1.165, 1.54) is 0 Å². The Bertz CT molecular complexity index is 705. The summed E-state index contributed by atoms with van der Waals surface area (Å²) in [7, 11) is 0. The molecule has 0 aliphatic heterocycles. The summed E-state index contributed by atoms with van der Waals surface area (Å²) < 4.78 is 1.14. The largest absolute Gasteiger partial charge is 0.396 e. The van der Waals surface area contributed by atoms with Crippen LogP contribution in [0.1, 0.15) is 5.56 Å². The number of rotatable bonds is 2. The van der Waals surface area contributed by atoms with Gasteiger partial charge in [-0.2, -0.15) is 0 Å². The summed E-state index contributed by atoms with van der Waals surface area (Å²) in [5, 5.41) is 3.24. The summed E-state index contributed by atoms with van der Waals surface area (Å²) in [6, 6.07) is 7.91. The molecule has 18 heavy (non-hydrogen) atoms. The molecule has 0 fully saturated rings. The van der Waals surface area contributed by atoms with Gasteiger partial charge in [0.1, 0.15) is 0 Å². The smallest absolute Gasteiger partial charge is 0.153 e. The van der Waals surface area contributed by atoms with E-state index in [4.69, 9.17) is 5.73 Å². The van der Waals surface area contributed by atoms with Crippen LogP contribution in [-0.4, -0.2) is 9.97 Å². The van der Waals surface area contributed by atoms with E-state index in [1.807, 2.05) is 30.6 Å². The van der Waals surface area contributed by atoms with Gasteiger partial charge < -0.3 is 11.1 Å². The number of aromatic nitrogens is 2. The Morgan fingerprint density at radius 3 is 3.00 bits per heavy atom. The highest BCUT2D eigenvalue weighted by Gasteiger charge is 2.04. The molecular formula is C13H12N4S. The van der Waals surface area contributed by atoms with E-state index in [2.05, 4.69) is 21.4 Å². The second-order valence-electron chi connectivity index (χ2n) is 4.05. The van der Waals surface area contributed by atoms with Crippen molar-refractivity contribution in [1.82, 2.24) is 9.97 Å². The molecule has 0 bridgehead atoms. The standard InChI is InChI=1S/C13H12N4S/c1-8-4-5-15-13(12(8)14)17-9-2-3-10-11(6-9)18-7-16-10/h2-7H,14H2,1H3,(H,15,17). The van der Waals surface area contributed by atoms with Crippen molar-refractivity contribution in [2.75, 3.05) is 11.1 Å². The van der Waals surface area contributed by atoms with Crippen molar-refractivity contribution in [2.24, 2.45) is 0 Å². The minimum atomic E-state index is 0.682. The lowest BCUT2D eigenvalue weighted by atomic mass is 10.2. The maximum Gasteiger partial charge on any atom is 0.153 e. The van der Waals surface area contributed by atoms with Gasteiger partial charge in [-0.3, -0.25) is 0 Å². The topological polar surface area (TPSA) is 63.8 Å². The van der Waals surface area contributed by atoms with Crippen molar-refractivity contribution in [3.63, 3.8) is 0 Å². The van der Waals surface area contributed by atoms with Crippen molar-refractivity contribution >= 4 is 38.7 Å². The number of fused-ring (bicyclic) bond motifs is 1. The van der Waals surface area contributed by atoms with Gasteiger partial charge in [0.15, 0.2) is 5.82 Å². The molecule has 0 unspecified atom stereocenters. The first-order chi connectivity index (χ1) is 8.74. The van der Waals surface area contributed by atoms with Crippen LogP contribution < -0.4 is 11.1 Å². The highest BCUT2D eigenvalue weighted by Crippen LogP contribution is 2.26. The minimum Gasteiger partial charge on any atom is -0.396 e. The number of pyridine rings is 1. The molecule has 3 rings (SSSR count). The van der Waals surface area contributed by atoms with E-state index >= 15 is 0 Å². The number of anilines is 3. The predicted octanol–water partition coefficient (Wildman–Crippen LogP) is 3.33. The average molecular weight is 256 g/mol. The van der Waals surface area contributed by atoms with Gasteiger partial charge in [0.05, 0.1) is 21.4 Å². The quantitative estimate of drug-likeness (QED) is 0.738. The first-order valence-electron chi connectivity index (χ1n) is 5.55. The average Bonchev–Trinajstić information content (AvgIpc) is 2.82. The molecule has 3 aromatic rings. The zero-order valence-electron chi connectivity index (χ0n) is 9.84. The molecule has 0 amide bonds. The van der Waals surface area contributed by atoms with E-state index < -0.39 is 0 Å². The highest BCUT2D eigenvalue weighted by atomic mass is 32.1. The second kappa shape index (κ2) is 4.27. The molecule has 0 spiro atoms. The summed E-state index contributed by atoms with van der Waals surface area (Å²) in [4.78, 5) is 8.50. The van der Waals surface area contributed by atoms with E-state index in [1.54, 1.807) is 17.5 Å². The molecule has 1 aromatic carbocycles. The number of benzene rings is 1. The van der Waals surface area contributed by atoms with E-state index in [9.17, 15) is 0 Å². The Morgan fingerprint density at radius 1 is 1.22 bits per heavy atom. The number of nitrogen functional groups attached to an aromatic ring is 1. The van der Waals surface area contributed by atoms with Crippen LogP contribution in [0.2, 0.25) is 0 Å². The van der Waals surface area contributed by atoms with Gasteiger partial charge in [-0.05, 0) is 36.8 Å². The van der Waals surface area contributed by atoms with E-state index in [-0.39, 0.29) is 0 Å². The van der Waals surface area contributed by atoms with Crippen molar-refractivity contribution in [2.45, 2.75) is 6.92 Å². The fourth-order valence-electron chi connectivity index (χ4n) is 1.74. The van der Waals surface area contributed by atoms with Crippen LogP contribution in [0.3, 0.4) is 0 Å². The Labute approximate surface area is 109 Å². The van der Waals surface area contributed by atoms with E-state index in [0.29, 0.717) is 11.5 Å². The summed E-state index contributed by atoms with van der Waals surface area (Å²) in [5.74, 6) is 0.693. The van der Waals surface area contributed by atoms with Crippen LogP contribution in [-0.2, 0) is 0 Å². The number of aryl methyl sites for hydroxylation is 1. The monoisotopic (exact) mass is 256 g/mol. The van der Waals surface area contributed by atoms with Crippen molar-refractivity contribution in [1.29, 1.82) is 0 Å². The molecule has 0 saturated carbocycles. The number of hydrogen-bond donors (Lipinski definition) is 2. The SMILES string of the molecule is Cc1ccnc(Nc2ccc3ncsc3c2)c1N.